The number of alkyl halides is 1. The lowest BCUT2D eigenvalue weighted by atomic mass is 10.1. The van der Waals surface area contributed by atoms with Crippen molar-refractivity contribution in [3.63, 3.8) is 0 Å². The zero-order valence-corrected chi connectivity index (χ0v) is 12.9. The van der Waals surface area contributed by atoms with Gasteiger partial charge in [0.2, 0.25) is 0 Å². The topological polar surface area (TPSA) is 9.23 Å². The minimum atomic E-state index is -0.375. The predicted molar refractivity (Wildman–Crippen MR) is 78.0 cm³/mol. The largest absolute Gasteiger partial charge is 0.454 e. The van der Waals surface area contributed by atoms with Crippen LogP contribution in [0.2, 0.25) is 0 Å². The first-order valence-corrected chi connectivity index (χ1v) is 7.30. The first-order valence-electron chi connectivity index (χ1n) is 5.38. The number of ether oxygens (including phenoxy) is 1. The summed E-state index contributed by atoms with van der Waals surface area (Å²) in [5.74, 6) is 0.477. The normalized spacial score (nSPS) is 10.4. The third-order valence-electron chi connectivity index (χ3n) is 2.58. The van der Waals surface area contributed by atoms with Gasteiger partial charge in [-0.15, -0.1) is 0 Å². The molecule has 2 rings (SSSR count). The SMILES string of the molecule is Cc1cc(Oc2cc(Br)ccc2F)ccc1CBr. The van der Waals surface area contributed by atoms with Gasteiger partial charge in [-0.05, 0) is 48.4 Å². The van der Waals surface area contributed by atoms with Crippen LogP contribution in [0.3, 0.4) is 0 Å². The minimum Gasteiger partial charge on any atom is -0.454 e. The van der Waals surface area contributed by atoms with Crippen LogP contribution in [-0.4, -0.2) is 0 Å². The molecule has 0 aliphatic rings. The highest BCUT2D eigenvalue weighted by Gasteiger charge is 2.06. The Bertz CT molecular complexity index is 570. The van der Waals surface area contributed by atoms with Crippen LogP contribution in [0.1, 0.15) is 11.1 Å². The second-order valence-electron chi connectivity index (χ2n) is 3.90. The molecule has 4 heteroatoms. The molecule has 0 heterocycles. The Morgan fingerprint density at radius 3 is 2.61 bits per heavy atom. The highest BCUT2D eigenvalue weighted by Crippen LogP contribution is 2.29. The minimum absolute atomic E-state index is 0.218. The Balaban J connectivity index is 2.28. The van der Waals surface area contributed by atoms with E-state index in [9.17, 15) is 4.39 Å². The van der Waals surface area contributed by atoms with Gasteiger partial charge in [0.25, 0.3) is 0 Å². The molecule has 0 N–H and O–H groups in total. The van der Waals surface area contributed by atoms with Crippen molar-refractivity contribution in [1.82, 2.24) is 0 Å². The quantitative estimate of drug-likeness (QED) is 0.637. The van der Waals surface area contributed by atoms with Gasteiger partial charge < -0.3 is 4.74 Å². The summed E-state index contributed by atoms with van der Waals surface area (Å²) in [6.07, 6.45) is 0. The molecule has 2 aromatic carbocycles. The standard InChI is InChI=1S/C14H11Br2FO/c1-9-6-12(4-2-10(9)8-15)18-14-7-11(16)3-5-13(14)17/h2-7H,8H2,1H3. The van der Waals surface area contributed by atoms with Gasteiger partial charge in [-0.25, -0.2) is 4.39 Å². The zero-order chi connectivity index (χ0) is 13.1. The third-order valence-corrected chi connectivity index (χ3v) is 3.68. The summed E-state index contributed by atoms with van der Waals surface area (Å²) in [4.78, 5) is 0. The van der Waals surface area contributed by atoms with E-state index in [1.54, 1.807) is 12.1 Å². The number of aryl methyl sites for hydroxylation is 1. The molecule has 1 nitrogen and oxygen atoms in total. The predicted octanol–water partition coefficient (Wildman–Crippen LogP) is 5.58. The molecular weight excluding hydrogens is 363 g/mol. The van der Waals surface area contributed by atoms with Gasteiger partial charge in [-0.1, -0.05) is 37.9 Å². The fourth-order valence-electron chi connectivity index (χ4n) is 1.56. The summed E-state index contributed by atoms with van der Waals surface area (Å²) < 4.78 is 19.9. The second kappa shape index (κ2) is 5.85. The van der Waals surface area contributed by atoms with Crippen molar-refractivity contribution in [2.75, 3.05) is 0 Å². The van der Waals surface area contributed by atoms with Crippen molar-refractivity contribution in [3.05, 3.63) is 57.8 Å². The molecule has 0 radical (unpaired) electrons. The van der Waals surface area contributed by atoms with E-state index in [-0.39, 0.29) is 11.6 Å². The van der Waals surface area contributed by atoms with Crippen molar-refractivity contribution in [3.8, 4) is 11.5 Å². The molecule has 18 heavy (non-hydrogen) atoms. The molecule has 0 aliphatic heterocycles. The summed E-state index contributed by atoms with van der Waals surface area (Å²) in [5, 5.41) is 0.796. The van der Waals surface area contributed by atoms with E-state index >= 15 is 0 Å². The van der Waals surface area contributed by atoms with Gasteiger partial charge >= 0.3 is 0 Å². The number of rotatable bonds is 3. The van der Waals surface area contributed by atoms with Gasteiger partial charge in [0.15, 0.2) is 11.6 Å². The van der Waals surface area contributed by atoms with Crippen molar-refractivity contribution >= 4 is 31.9 Å². The van der Waals surface area contributed by atoms with Gasteiger partial charge in [0.05, 0.1) is 0 Å². The Morgan fingerprint density at radius 1 is 1.17 bits per heavy atom. The van der Waals surface area contributed by atoms with E-state index < -0.39 is 0 Å². The van der Waals surface area contributed by atoms with Gasteiger partial charge in [0.1, 0.15) is 5.75 Å². The highest BCUT2D eigenvalue weighted by molar-refractivity contribution is 9.10. The molecule has 2 aromatic rings. The van der Waals surface area contributed by atoms with Crippen molar-refractivity contribution in [2.24, 2.45) is 0 Å². The van der Waals surface area contributed by atoms with Crippen LogP contribution in [0.5, 0.6) is 11.5 Å². The van der Waals surface area contributed by atoms with E-state index in [2.05, 4.69) is 31.9 Å². The van der Waals surface area contributed by atoms with Crippen LogP contribution in [0.15, 0.2) is 40.9 Å². The van der Waals surface area contributed by atoms with Crippen molar-refractivity contribution in [2.45, 2.75) is 12.3 Å². The lowest BCUT2D eigenvalue weighted by molar-refractivity contribution is 0.441. The second-order valence-corrected chi connectivity index (χ2v) is 5.38. The van der Waals surface area contributed by atoms with Gasteiger partial charge in [0, 0.05) is 9.80 Å². The smallest absolute Gasteiger partial charge is 0.165 e. The number of halogens is 3. The summed E-state index contributed by atoms with van der Waals surface area (Å²) in [5.41, 5.74) is 2.30. The lowest BCUT2D eigenvalue weighted by Crippen LogP contribution is -1.91. The molecule has 0 aliphatic carbocycles. The fraction of sp³-hybridized carbons (Fsp3) is 0.143. The first kappa shape index (κ1) is 13.6. The summed E-state index contributed by atoms with van der Waals surface area (Å²) >= 11 is 6.71. The molecule has 0 bridgehead atoms. The Labute approximate surface area is 122 Å². The molecule has 0 aromatic heterocycles. The van der Waals surface area contributed by atoms with Crippen LogP contribution in [0, 0.1) is 12.7 Å². The average molecular weight is 374 g/mol. The van der Waals surface area contributed by atoms with Crippen molar-refractivity contribution < 1.29 is 9.13 Å². The van der Waals surface area contributed by atoms with E-state index in [4.69, 9.17) is 4.74 Å². The Hall–Kier alpha value is -0.870. The van der Waals surface area contributed by atoms with E-state index in [0.717, 1.165) is 15.4 Å². The van der Waals surface area contributed by atoms with Crippen LogP contribution in [0.25, 0.3) is 0 Å². The van der Waals surface area contributed by atoms with Gasteiger partial charge in [-0.2, -0.15) is 0 Å². The fourth-order valence-corrected chi connectivity index (χ4v) is 2.53. The van der Waals surface area contributed by atoms with Crippen LogP contribution >= 0.6 is 31.9 Å². The third kappa shape index (κ3) is 3.12. The summed E-state index contributed by atoms with van der Waals surface area (Å²) in [7, 11) is 0. The first-order chi connectivity index (χ1) is 8.60. The summed E-state index contributed by atoms with van der Waals surface area (Å²) in [6.45, 7) is 2.00. The van der Waals surface area contributed by atoms with Gasteiger partial charge in [-0.3, -0.25) is 0 Å². The Morgan fingerprint density at radius 2 is 1.94 bits per heavy atom. The maximum atomic E-state index is 13.5. The zero-order valence-electron chi connectivity index (χ0n) is 9.71. The monoisotopic (exact) mass is 372 g/mol. The maximum absolute atomic E-state index is 13.5. The van der Waals surface area contributed by atoms with Crippen molar-refractivity contribution in [1.29, 1.82) is 0 Å². The van der Waals surface area contributed by atoms with Crippen LogP contribution in [-0.2, 0) is 5.33 Å². The molecule has 0 fully saturated rings. The molecule has 0 atom stereocenters. The molecule has 0 spiro atoms. The number of hydrogen-bond acceptors (Lipinski definition) is 1. The lowest BCUT2D eigenvalue weighted by Gasteiger charge is -2.09. The highest BCUT2D eigenvalue weighted by atomic mass is 79.9. The molecule has 0 unspecified atom stereocenters. The molecular formula is C14H11Br2FO. The molecule has 0 saturated heterocycles. The van der Waals surface area contributed by atoms with E-state index in [1.807, 2.05) is 25.1 Å². The molecule has 0 saturated carbocycles. The number of hydrogen-bond donors (Lipinski definition) is 0. The number of benzene rings is 2. The molecule has 94 valence electrons. The van der Waals surface area contributed by atoms with E-state index in [0.29, 0.717) is 5.75 Å². The van der Waals surface area contributed by atoms with Crippen LogP contribution < -0.4 is 4.74 Å². The Kier molecular flexibility index (Phi) is 4.40. The van der Waals surface area contributed by atoms with E-state index in [1.165, 1.54) is 11.6 Å². The maximum Gasteiger partial charge on any atom is 0.165 e. The molecule has 0 amide bonds. The van der Waals surface area contributed by atoms with Crippen LogP contribution in [0.4, 0.5) is 4.39 Å². The summed E-state index contributed by atoms with van der Waals surface area (Å²) in [6, 6.07) is 10.3. The average Bonchev–Trinajstić information content (AvgIpc) is 2.34.